The zero-order valence-electron chi connectivity index (χ0n) is 4.55. The van der Waals surface area contributed by atoms with Crippen molar-refractivity contribution in [2.45, 2.75) is 0 Å². The van der Waals surface area contributed by atoms with Gasteiger partial charge < -0.3 is 33.2 Å². The van der Waals surface area contributed by atoms with Gasteiger partial charge in [0.25, 0.3) is 0 Å². The molecule has 0 saturated heterocycles. The Balaban J connectivity index is -0.00000000750. The van der Waals surface area contributed by atoms with Crippen LogP contribution in [-0.2, 0) is 0 Å². The maximum atomic E-state index is 8.25. The van der Waals surface area contributed by atoms with Gasteiger partial charge in [0.05, 0.1) is 5.09 Å². The Morgan fingerprint density at radius 2 is 1.12 bits per heavy atom. The van der Waals surface area contributed by atoms with Gasteiger partial charge >= 0.3 is 59.1 Å². The summed E-state index contributed by atoms with van der Waals surface area (Å²) in [6.07, 6.45) is 0. The topological polar surface area (TPSA) is 97.7 Å². The summed E-state index contributed by atoms with van der Waals surface area (Å²) in [5.41, 5.74) is 0. The minimum Gasteiger partial charge on any atom is -1.00 e. The van der Waals surface area contributed by atoms with Crippen LogP contribution in [0.15, 0.2) is 0 Å². The third kappa shape index (κ3) is 147. The smallest absolute Gasteiger partial charge is 1.00 e. The maximum Gasteiger partial charge on any atom is 1.00 e. The summed E-state index contributed by atoms with van der Waals surface area (Å²) >= 11 is 0. The summed E-state index contributed by atoms with van der Waals surface area (Å²) in [7, 11) is 0. The van der Waals surface area contributed by atoms with E-state index < -0.39 is 5.09 Å². The molecular weight excluding hydrogens is 159 g/mol. The zero-order valence-corrected chi connectivity index (χ0v) is 9.31. The fourth-order valence-electron chi connectivity index (χ4n) is 0. The molecule has 0 heterocycles. The van der Waals surface area contributed by atoms with E-state index in [1.807, 2.05) is 0 Å². The second kappa shape index (κ2) is 23.7. The van der Waals surface area contributed by atoms with Crippen molar-refractivity contribution in [2.24, 2.45) is 0 Å². The molecule has 0 spiro atoms. The summed E-state index contributed by atoms with van der Waals surface area (Å²) in [5.74, 6) is 0. The van der Waals surface area contributed by atoms with Crippen molar-refractivity contribution in [2.75, 3.05) is 0 Å². The minimum absolute atomic E-state index is 0. The second-order valence-corrected chi connectivity index (χ2v) is 0.224. The molecule has 0 aromatic carbocycles. The van der Waals surface area contributed by atoms with Crippen LogP contribution in [-0.4, -0.2) is 10.6 Å². The summed E-state index contributed by atoms with van der Waals surface area (Å²) in [6.45, 7) is 0. The molecule has 0 aromatic heterocycles. The van der Waals surface area contributed by atoms with Crippen LogP contribution in [0.4, 0.5) is 0 Å². The molecule has 0 saturated carbocycles. The molecule has 40 valence electrons. The molecule has 0 aliphatic heterocycles. The summed E-state index contributed by atoms with van der Waals surface area (Å²) in [4.78, 5) is 8.25. The summed E-state index contributed by atoms with van der Waals surface area (Å²) in [6, 6.07) is 0. The van der Waals surface area contributed by atoms with Crippen LogP contribution >= 0.6 is 0 Å². The number of hydrogen-bond donors (Lipinski definition) is 0. The van der Waals surface area contributed by atoms with Crippen molar-refractivity contribution in [3.8, 4) is 0 Å². The van der Waals surface area contributed by atoms with E-state index in [0.29, 0.717) is 0 Å². The van der Waals surface area contributed by atoms with Gasteiger partial charge in [-0.1, -0.05) is 0 Å². The largest absolute Gasteiger partial charge is 1.00 e. The molecule has 8 heavy (non-hydrogen) atoms. The van der Waals surface area contributed by atoms with Gasteiger partial charge in [0.15, 0.2) is 0 Å². The van der Waals surface area contributed by atoms with E-state index in [9.17, 15) is 0 Å². The minimum atomic E-state index is -1.75. The first-order chi connectivity index (χ1) is 1.73. The van der Waals surface area contributed by atoms with Crippen LogP contribution in [0.2, 0.25) is 0 Å². The van der Waals surface area contributed by atoms with E-state index in [2.05, 4.69) is 0 Å². The van der Waals surface area contributed by atoms with Gasteiger partial charge in [-0.15, -0.1) is 0 Å². The Labute approximate surface area is 96.2 Å². The average Bonchev–Trinajstić information content (AvgIpc) is 0.811. The van der Waals surface area contributed by atoms with Gasteiger partial charge in [-0.25, -0.2) is 0 Å². The predicted molar refractivity (Wildman–Crippen MR) is 14.0 cm³/mol. The number of nitrogens with zero attached hydrogens (tertiary/aromatic N) is 1. The van der Waals surface area contributed by atoms with Crippen molar-refractivity contribution < 1.29 is 82.1 Å². The van der Waals surface area contributed by atoms with Crippen molar-refractivity contribution >= 4 is 0 Å². The Morgan fingerprint density at radius 3 is 1.12 bits per heavy atom. The van der Waals surface area contributed by atoms with E-state index in [0.717, 1.165) is 0 Å². The first-order valence-corrected chi connectivity index (χ1v) is 0.548. The van der Waals surface area contributed by atoms with Gasteiger partial charge in [0.2, 0.25) is 0 Å². The van der Waals surface area contributed by atoms with Crippen molar-refractivity contribution in [1.29, 1.82) is 0 Å². The monoisotopic (exact) mass is 161 g/mol. The third-order valence-electron chi connectivity index (χ3n) is 0. The normalized spacial score (nSPS) is 3.00. The van der Waals surface area contributed by atoms with E-state index in [1.54, 1.807) is 0 Å². The average molecular weight is 161 g/mol. The number of hydrogen-bond acceptors (Lipinski definition) is 3. The Bertz CT molecular complexity index is 37.0. The number of halogens is 1. The van der Waals surface area contributed by atoms with Gasteiger partial charge in [-0.05, 0) is 0 Å². The molecule has 0 aromatic rings. The van der Waals surface area contributed by atoms with Crippen LogP contribution in [0.1, 0.15) is 0 Å². The standard InChI is InChI=1S/ClH.NO3.2Na.H2O/c;2-1(3)4;;;/h1H;;;;1H2/q;-1;2*+1;/p-1. The van der Waals surface area contributed by atoms with Crippen molar-refractivity contribution in [3.63, 3.8) is 0 Å². The Hall–Kier alpha value is 1.45. The molecule has 8 heteroatoms. The quantitative estimate of drug-likeness (QED) is 0.200. The van der Waals surface area contributed by atoms with Crippen LogP contribution in [0.5, 0.6) is 0 Å². The van der Waals surface area contributed by atoms with Crippen LogP contribution < -0.4 is 71.5 Å². The molecule has 0 amide bonds. The van der Waals surface area contributed by atoms with E-state index in [1.165, 1.54) is 0 Å². The fourth-order valence-corrected chi connectivity index (χ4v) is 0. The Kier molecular flexibility index (Phi) is 101. The second-order valence-electron chi connectivity index (χ2n) is 0.224. The maximum absolute atomic E-state index is 8.25. The summed E-state index contributed by atoms with van der Waals surface area (Å²) < 4.78 is 0. The van der Waals surface area contributed by atoms with Gasteiger partial charge in [-0.2, -0.15) is 0 Å². The fraction of sp³-hybridized carbons (Fsp3) is 0. The molecular formula is H2ClNNa2O4. The molecule has 5 nitrogen and oxygen atoms in total. The predicted octanol–water partition coefficient (Wildman–Crippen LogP) is -10.1. The van der Waals surface area contributed by atoms with E-state index >= 15 is 0 Å². The molecule has 0 radical (unpaired) electrons. The molecule has 0 aliphatic carbocycles. The van der Waals surface area contributed by atoms with Gasteiger partial charge in [0, 0.05) is 0 Å². The van der Waals surface area contributed by atoms with Crippen LogP contribution in [0.25, 0.3) is 0 Å². The zero-order chi connectivity index (χ0) is 3.58. The van der Waals surface area contributed by atoms with Crippen LogP contribution in [0.3, 0.4) is 0 Å². The molecule has 0 bridgehead atoms. The Morgan fingerprint density at radius 1 is 1.12 bits per heavy atom. The third-order valence-corrected chi connectivity index (χ3v) is 0. The molecule has 0 atom stereocenters. The first kappa shape index (κ1) is 34.1. The molecule has 2 N–H and O–H groups in total. The van der Waals surface area contributed by atoms with E-state index in [-0.39, 0.29) is 77.0 Å². The van der Waals surface area contributed by atoms with Crippen molar-refractivity contribution in [1.82, 2.24) is 0 Å². The first-order valence-electron chi connectivity index (χ1n) is 0.548. The van der Waals surface area contributed by atoms with Crippen molar-refractivity contribution in [3.05, 3.63) is 15.3 Å². The molecule has 0 rings (SSSR count). The molecule has 0 fully saturated rings. The molecule has 0 aliphatic rings. The molecule has 0 unspecified atom stereocenters. The number of rotatable bonds is 0. The SMILES string of the molecule is O.O=[N+]([O-])[O-].[Cl-].[Na+].[Na+]. The van der Waals surface area contributed by atoms with Gasteiger partial charge in [-0.3, -0.25) is 0 Å². The van der Waals surface area contributed by atoms with E-state index in [4.69, 9.17) is 15.3 Å². The summed E-state index contributed by atoms with van der Waals surface area (Å²) in [5, 5.41) is 14.8. The van der Waals surface area contributed by atoms with Gasteiger partial charge in [0.1, 0.15) is 0 Å². The van der Waals surface area contributed by atoms with Crippen LogP contribution in [0, 0.1) is 15.3 Å².